The molecule has 0 radical (unpaired) electrons. The van der Waals surface area contributed by atoms with Crippen molar-refractivity contribution in [2.24, 2.45) is 12.8 Å². The molecule has 1 amide bonds. The number of sulfonamides is 1. The van der Waals surface area contributed by atoms with Gasteiger partial charge in [0.15, 0.2) is 11.5 Å². The summed E-state index contributed by atoms with van der Waals surface area (Å²) in [4.78, 5) is 24.5. The molecule has 4 aromatic rings. The molecule has 12 nitrogen and oxygen atoms in total. The molecule has 1 fully saturated rings. The molecule has 4 N–H and O–H groups in total. The highest BCUT2D eigenvalue weighted by molar-refractivity contribution is 7.88. The van der Waals surface area contributed by atoms with Crippen LogP contribution in [-0.4, -0.2) is 63.9 Å². The SMILES string of the molecule is Cc1cn2cc(NC(=O)c3ccc(N4CCCC(N)C4)c4cn(C)nc34)nc2c(CNS(C)(=O)=O)n1. The Morgan fingerprint density at radius 3 is 2.78 bits per heavy atom. The lowest BCUT2D eigenvalue weighted by molar-refractivity contribution is 0.102. The van der Waals surface area contributed by atoms with Crippen molar-refractivity contribution in [3.05, 3.63) is 47.7 Å². The molecule has 0 aliphatic carbocycles. The first-order valence-corrected chi connectivity index (χ1v) is 13.5. The molecule has 5 rings (SSSR count). The summed E-state index contributed by atoms with van der Waals surface area (Å²) in [5, 5.41) is 8.31. The highest BCUT2D eigenvalue weighted by Crippen LogP contribution is 2.31. The summed E-state index contributed by atoms with van der Waals surface area (Å²) in [6, 6.07) is 3.85. The highest BCUT2D eigenvalue weighted by Gasteiger charge is 2.23. The van der Waals surface area contributed by atoms with Crippen LogP contribution in [0.15, 0.2) is 30.7 Å². The minimum atomic E-state index is -3.40. The average Bonchev–Trinajstić information content (AvgIpc) is 3.38. The quantitative estimate of drug-likeness (QED) is 0.349. The van der Waals surface area contributed by atoms with Crippen LogP contribution < -0.4 is 20.7 Å². The fourth-order valence-electron chi connectivity index (χ4n) is 4.65. The Hall–Kier alpha value is -3.55. The lowest BCUT2D eigenvalue weighted by Crippen LogP contribution is -2.42. The van der Waals surface area contributed by atoms with Gasteiger partial charge >= 0.3 is 0 Å². The van der Waals surface area contributed by atoms with E-state index in [1.807, 2.05) is 19.3 Å². The van der Waals surface area contributed by atoms with E-state index >= 15 is 0 Å². The third kappa shape index (κ3) is 4.90. The predicted octanol–water partition coefficient (Wildman–Crippen LogP) is 1.15. The molecular weight excluding hydrogens is 482 g/mol. The van der Waals surface area contributed by atoms with E-state index in [1.165, 1.54) is 0 Å². The van der Waals surface area contributed by atoms with Gasteiger partial charge in [-0.2, -0.15) is 5.10 Å². The molecule has 0 spiro atoms. The standard InChI is InChI=1S/C23H29N9O3S/c1-14-10-32-13-20(27-22(32)18(26-14)9-25-36(3,34)35)28-23(33)16-6-7-19(17-12-30(2)29-21(16)17)31-8-4-5-15(24)11-31/h6-7,10,12-13,15,25H,4-5,8-9,11,24H2,1-3H3,(H,28,33). The second kappa shape index (κ2) is 9.15. The molecule has 1 aliphatic rings. The number of carbonyl (C=O) groups is 1. The van der Waals surface area contributed by atoms with Crippen molar-refractivity contribution in [2.45, 2.75) is 32.4 Å². The van der Waals surface area contributed by atoms with E-state index in [9.17, 15) is 13.2 Å². The number of nitrogens with one attached hydrogen (secondary N) is 2. The Balaban J connectivity index is 1.45. The number of anilines is 2. The van der Waals surface area contributed by atoms with Crippen LogP contribution in [0.5, 0.6) is 0 Å². The van der Waals surface area contributed by atoms with Crippen LogP contribution in [0.25, 0.3) is 16.6 Å². The zero-order valence-electron chi connectivity index (χ0n) is 20.4. The van der Waals surface area contributed by atoms with E-state index in [0.29, 0.717) is 33.9 Å². The smallest absolute Gasteiger partial charge is 0.259 e. The van der Waals surface area contributed by atoms with Crippen LogP contribution in [0.1, 0.15) is 34.6 Å². The molecule has 3 aromatic heterocycles. The number of fused-ring (bicyclic) bond motifs is 2. The Morgan fingerprint density at radius 2 is 2.03 bits per heavy atom. The van der Waals surface area contributed by atoms with Crippen molar-refractivity contribution in [3.8, 4) is 0 Å². The van der Waals surface area contributed by atoms with Crippen molar-refractivity contribution in [1.29, 1.82) is 0 Å². The number of piperidine rings is 1. The summed E-state index contributed by atoms with van der Waals surface area (Å²) in [6.07, 6.45) is 8.47. The number of nitrogens with zero attached hydrogens (tertiary/aromatic N) is 6. The van der Waals surface area contributed by atoms with E-state index < -0.39 is 10.0 Å². The van der Waals surface area contributed by atoms with E-state index in [4.69, 9.17) is 5.73 Å². The fraction of sp³-hybridized carbons (Fsp3) is 0.391. The molecule has 1 atom stereocenters. The lowest BCUT2D eigenvalue weighted by Gasteiger charge is -2.33. The van der Waals surface area contributed by atoms with Crippen LogP contribution >= 0.6 is 0 Å². The number of aryl methyl sites for hydroxylation is 2. The molecule has 1 saturated heterocycles. The zero-order chi connectivity index (χ0) is 25.6. The van der Waals surface area contributed by atoms with Gasteiger partial charge in [-0.15, -0.1) is 0 Å². The Kier molecular flexibility index (Phi) is 6.14. The van der Waals surface area contributed by atoms with E-state index in [-0.39, 0.29) is 18.5 Å². The van der Waals surface area contributed by atoms with Gasteiger partial charge in [0.2, 0.25) is 10.0 Å². The molecule has 0 saturated carbocycles. The highest BCUT2D eigenvalue weighted by atomic mass is 32.2. The number of carbonyl (C=O) groups excluding carboxylic acids is 1. The van der Waals surface area contributed by atoms with Crippen molar-refractivity contribution in [3.63, 3.8) is 0 Å². The number of aromatic nitrogens is 5. The van der Waals surface area contributed by atoms with Crippen LogP contribution in [0.3, 0.4) is 0 Å². The van der Waals surface area contributed by atoms with Gasteiger partial charge in [0, 0.05) is 49.6 Å². The van der Waals surface area contributed by atoms with Crippen LogP contribution in [0, 0.1) is 6.92 Å². The van der Waals surface area contributed by atoms with E-state index in [1.54, 1.807) is 34.5 Å². The summed E-state index contributed by atoms with van der Waals surface area (Å²) < 4.78 is 28.9. The fourth-order valence-corrected chi connectivity index (χ4v) is 5.05. The van der Waals surface area contributed by atoms with Gasteiger partial charge in [-0.05, 0) is 31.9 Å². The van der Waals surface area contributed by atoms with Gasteiger partial charge in [-0.3, -0.25) is 14.5 Å². The van der Waals surface area contributed by atoms with Gasteiger partial charge < -0.3 is 20.4 Å². The summed E-state index contributed by atoms with van der Waals surface area (Å²) in [7, 11) is -1.57. The molecule has 13 heteroatoms. The predicted molar refractivity (Wildman–Crippen MR) is 137 cm³/mol. The van der Waals surface area contributed by atoms with Crippen molar-refractivity contribution >= 4 is 44.0 Å². The topological polar surface area (TPSA) is 153 Å². The maximum Gasteiger partial charge on any atom is 0.259 e. The molecule has 36 heavy (non-hydrogen) atoms. The van der Waals surface area contributed by atoms with Gasteiger partial charge in [0.1, 0.15) is 5.52 Å². The largest absolute Gasteiger partial charge is 0.369 e. The average molecular weight is 512 g/mol. The monoisotopic (exact) mass is 511 g/mol. The molecule has 1 aliphatic heterocycles. The second-order valence-corrected chi connectivity index (χ2v) is 11.1. The number of imidazole rings is 1. The van der Waals surface area contributed by atoms with Crippen molar-refractivity contribution < 1.29 is 13.2 Å². The van der Waals surface area contributed by atoms with Crippen molar-refractivity contribution in [1.82, 2.24) is 28.9 Å². The molecule has 0 bridgehead atoms. The summed E-state index contributed by atoms with van der Waals surface area (Å²) in [5.41, 5.74) is 9.84. The number of rotatable bonds is 6. The van der Waals surface area contributed by atoms with Crippen LogP contribution in [0.4, 0.5) is 11.5 Å². The van der Waals surface area contributed by atoms with E-state index in [0.717, 1.165) is 43.3 Å². The zero-order valence-corrected chi connectivity index (χ0v) is 21.2. The van der Waals surface area contributed by atoms with Gasteiger partial charge in [0.25, 0.3) is 5.91 Å². The van der Waals surface area contributed by atoms with Gasteiger partial charge in [-0.25, -0.2) is 18.1 Å². The maximum atomic E-state index is 13.3. The molecule has 190 valence electrons. The molecule has 1 aromatic carbocycles. The van der Waals surface area contributed by atoms with Gasteiger partial charge in [0.05, 0.1) is 35.9 Å². The third-order valence-corrected chi connectivity index (χ3v) is 6.85. The second-order valence-electron chi connectivity index (χ2n) is 9.28. The summed E-state index contributed by atoms with van der Waals surface area (Å²) in [5.74, 6) is -0.0207. The lowest BCUT2D eigenvalue weighted by atomic mass is 10.0. The molecule has 4 heterocycles. The first kappa shape index (κ1) is 24.2. The van der Waals surface area contributed by atoms with Crippen molar-refractivity contribution in [2.75, 3.05) is 29.6 Å². The summed E-state index contributed by atoms with van der Waals surface area (Å²) >= 11 is 0. The summed E-state index contributed by atoms with van der Waals surface area (Å²) in [6.45, 7) is 3.47. The van der Waals surface area contributed by atoms with Gasteiger partial charge in [-0.1, -0.05) is 0 Å². The number of nitrogens with two attached hydrogens (primary N) is 1. The molecule has 1 unspecified atom stereocenters. The van der Waals surface area contributed by atoms with Crippen LogP contribution in [-0.2, 0) is 23.6 Å². The number of hydrogen-bond acceptors (Lipinski definition) is 8. The van der Waals surface area contributed by atoms with E-state index in [2.05, 4.69) is 30.0 Å². The number of benzene rings is 1. The van der Waals surface area contributed by atoms with Crippen LogP contribution in [0.2, 0.25) is 0 Å². The minimum Gasteiger partial charge on any atom is -0.369 e. The maximum absolute atomic E-state index is 13.3. The number of amides is 1. The number of hydrogen-bond donors (Lipinski definition) is 3. The Morgan fingerprint density at radius 1 is 1.22 bits per heavy atom. The Bertz CT molecular complexity index is 1570. The third-order valence-electron chi connectivity index (χ3n) is 6.18. The first-order chi connectivity index (χ1) is 17.1. The first-order valence-electron chi connectivity index (χ1n) is 11.7. The minimum absolute atomic E-state index is 0.00934. The normalized spacial score (nSPS) is 16.7. The molecular formula is C23H29N9O3S. The Labute approximate surface area is 208 Å².